The second-order valence-electron chi connectivity index (χ2n) is 9.55. The molecule has 0 spiro atoms. The largest absolute Gasteiger partial charge is 0.507 e. The molecule has 3 aromatic rings. The average molecular weight is 411 g/mol. The van der Waals surface area contributed by atoms with E-state index in [1.54, 1.807) is 5.56 Å². The molecule has 0 atom stereocenters. The molecular formula is C30H34O. The zero-order valence-electron chi connectivity index (χ0n) is 18.5. The van der Waals surface area contributed by atoms with E-state index < -0.39 is 0 Å². The highest BCUT2D eigenvalue weighted by Crippen LogP contribution is 2.51. The predicted octanol–water partition coefficient (Wildman–Crippen LogP) is 8.82. The van der Waals surface area contributed by atoms with Crippen LogP contribution in [-0.2, 0) is 0 Å². The molecule has 2 aliphatic carbocycles. The molecule has 1 nitrogen and oxygen atoms in total. The van der Waals surface area contributed by atoms with Gasteiger partial charge in [0.2, 0.25) is 0 Å². The third-order valence-corrected chi connectivity index (χ3v) is 7.56. The van der Waals surface area contributed by atoms with E-state index in [0.29, 0.717) is 17.6 Å². The van der Waals surface area contributed by atoms with Gasteiger partial charge in [-0.3, -0.25) is 0 Å². The van der Waals surface area contributed by atoms with Crippen LogP contribution in [0.15, 0.2) is 66.7 Å². The zero-order valence-corrected chi connectivity index (χ0v) is 18.5. The van der Waals surface area contributed by atoms with Crippen molar-refractivity contribution < 1.29 is 5.11 Å². The van der Waals surface area contributed by atoms with Crippen molar-refractivity contribution in [3.05, 3.63) is 77.9 Å². The fourth-order valence-electron chi connectivity index (χ4n) is 6.09. The van der Waals surface area contributed by atoms with Crippen molar-refractivity contribution in [3.8, 4) is 28.0 Å². The number of aromatic hydroxyl groups is 1. The number of phenols is 1. The lowest BCUT2D eigenvalue weighted by molar-refractivity contribution is 0.416. The number of phenolic OH excluding ortho intramolecular Hbond substituents is 1. The molecular weight excluding hydrogens is 376 g/mol. The van der Waals surface area contributed by atoms with Crippen molar-refractivity contribution in [2.24, 2.45) is 0 Å². The topological polar surface area (TPSA) is 20.2 Å². The van der Waals surface area contributed by atoms with Crippen LogP contribution in [0.25, 0.3) is 22.3 Å². The number of rotatable bonds is 4. The molecule has 0 unspecified atom stereocenters. The van der Waals surface area contributed by atoms with Gasteiger partial charge in [0.15, 0.2) is 0 Å². The number of hydrogen-bond acceptors (Lipinski definition) is 1. The van der Waals surface area contributed by atoms with Gasteiger partial charge in [0.25, 0.3) is 0 Å². The number of hydrogen-bond donors (Lipinski definition) is 1. The molecule has 2 aliphatic rings. The first-order valence-electron chi connectivity index (χ1n) is 12.3. The normalized spacial score (nSPS) is 18.2. The van der Waals surface area contributed by atoms with E-state index in [9.17, 15) is 5.11 Å². The summed E-state index contributed by atoms with van der Waals surface area (Å²) in [7, 11) is 0. The van der Waals surface area contributed by atoms with E-state index in [4.69, 9.17) is 0 Å². The van der Waals surface area contributed by atoms with Gasteiger partial charge in [-0.15, -0.1) is 0 Å². The van der Waals surface area contributed by atoms with Crippen molar-refractivity contribution in [1.29, 1.82) is 0 Å². The van der Waals surface area contributed by atoms with Gasteiger partial charge in [-0.2, -0.15) is 0 Å². The lowest BCUT2D eigenvalue weighted by Crippen LogP contribution is -2.14. The van der Waals surface area contributed by atoms with Gasteiger partial charge in [-0.25, -0.2) is 0 Å². The van der Waals surface area contributed by atoms with E-state index in [2.05, 4.69) is 66.7 Å². The highest BCUT2D eigenvalue weighted by atomic mass is 16.3. The molecule has 0 aliphatic heterocycles. The van der Waals surface area contributed by atoms with Gasteiger partial charge in [0.05, 0.1) is 0 Å². The molecule has 31 heavy (non-hydrogen) atoms. The van der Waals surface area contributed by atoms with E-state index in [-0.39, 0.29) is 0 Å². The van der Waals surface area contributed by atoms with Crippen LogP contribution in [-0.4, -0.2) is 5.11 Å². The van der Waals surface area contributed by atoms with Gasteiger partial charge in [-0.1, -0.05) is 99.2 Å². The predicted molar refractivity (Wildman–Crippen MR) is 131 cm³/mol. The van der Waals surface area contributed by atoms with Gasteiger partial charge in [-0.05, 0) is 71.4 Å². The van der Waals surface area contributed by atoms with Crippen LogP contribution >= 0.6 is 0 Å². The SMILES string of the molecule is Oc1cc(C2CCCCC2)c(C2CCCCC2)c(-c2ccccc2)c1-c1ccccc1. The first-order valence-corrected chi connectivity index (χ1v) is 12.3. The number of benzene rings is 3. The summed E-state index contributed by atoms with van der Waals surface area (Å²) in [5.74, 6) is 1.64. The minimum absolute atomic E-state index is 0.449. The molecule has 0 aromatic heterocycles. The fraction of sp³-hybridized carbons (Fsp3) is 0.400. The third-order valence-electron chi connectivity index (χ3n) is 7.56. The van der Waals surface area contributed by atoms with Crippen molar-refractivity contribution >= 4 is 0 Å². The van der Waals surface area contributed by atoms with Crippen molar-refractivity contribution in [1.82, 2.24) is 0 Å². The summed E-state index contributed by atoms with van der Waals surface area (Å²) in [6.45, 7) is 0. The van der Waals surface area contributed by atoms with Gasteiger partial charge in [0, 0.05) is 5.56 Å². The molecule has 160 valence electrons. The first-order chi connectivity index (χ1) is 15.3. The second-order valence-corrected chi connectivity index (χ2v) is 9.55. The van der Waals surface area contributed by atoms with Crippen molar-refractivity contribution in [2.45, 2.75) is 76.0 Å². The van der Waals surface area contributed by atoms with E-state index in [0.717, 1.165) is 11.1 Å². The highest BCUT2D eigenvalue weighted by Gasteiger charge is 2.30. The summed E-state index contributed by atoms with van der Waals surface area (Å²) in [4.78, 5) is 0. The Morgan fingerprint density at radius 2 is 1.03 bits per heavy atom. The van der Waals surface area contributed by atoms with Crippen LogP contribution in [0.1, 0.15) is 87.2 Å². The smallest absolute Gasteiger partial charge is 0.124 e. The van der Waals surface area contributed by atoms with Gasteiger partial charge in [0.1, 0.15) is 5.75 Å². The van der Waals surface area contributed by atoms with Crippen molar-refractivity contribution in [3.63, 3.8) is 0 Å². The quantitative estimate of drug-likeness (QED) is 0.455. The summed E-state index contributed by atoms with van der Waals surface area (Å²) in [6.07, 6.45) is 13.1. The molecule has 0 saturated heterocycles. The maximum atomic E-state index is 11.4. The summed E-state index contributed by atoms with van der Waals surface area (Å²) < 4.78 is 0. The molecule has 2 fully saturated rings. The van der Waals surface area contributed by atoms with Crippen LogP contribution in [0.3, 0.4) is 0 Å². The van der Waals surface area contributed by atoms with Crippen LogP contribution < -0.4 is 0 Å². The summed E-state index contributed by atoms with van der Waals surface area (Å²) >= 11 is 0. The van der Waals surface area contributed by atoms with Crippen LogP contribution in [0.4, 0.5) is 0 Å². The zero-order chi connectivity index (χ0) is 21.0. The van der Waals surface area contributed by atoms with E-state index in [1.807, 2.05) is 0 Å². The molecule has 3 aromatic carbocycles. The fourth-order valence-corrected chi connectivity index (χ4v) is 6.09. The van der Waals surface area contributed by atoms with E-state index in [1.165, 1.54) is 80.9 Å². The Balaban J connectivity index is 1.80. The Hall–Kier alpha value is -2.54. The third kappa shape index (κ3) is 4.15. The maximum absolute atomic E-state index is 11.4. The average Bonchev–Trinajstić information content (AvgIpc) is 2.85. The van der Waals surface area contributed by atoms with Crippen LogP contribution in [0.2, 0.25) is 0 Å². The minimum Gasteiger partial charge on any atom is -0.507 e. The Morgan fingerprint density at radius 1 is 0.548 bits per heavy atom. The Morgan fingerprint density at radius 3 is 1.58 bits per heavy atom. The maximum Gasteiger partial charge on any atom is 0.124 e. The summed E-state index contributed by atoms with van der Waals surface area (Å²) in [6, 6.07) is 23.5. The molecule has 5 rings (SSSR count). The second kappa shape index (κ2) is 9.30. The lowest BCUT2D eigenvalue weighted by Gasteiger charge is -2.33. The summed E-state index contributed by atoms with van der Waals surface area (Å²) in [5.41, 5.74) is 7.67. The van der Waals surface area contributed by atoms with Gasteiger partial charge >= 0.3 is 0 Å². The van der Waals surface area contributed by atoms with Crippen LogP contribution in [0, 0.1) is 0 Å². The molecule has 0 amide bonds. The first kappa shape index (κ1) is 20.4. The Kier molecular flexibility index (Phi) is 6.11. The standard InChI is InChI=1S/C30H34O/c31-27-21-26(22-13-5-1-6-14-22)28(23-15-7-2-8-16-23)30(25-19-11-4-12-20-25)29(27)24-17-9-3-10-18-24/h3-4,9-12,17-23,31H,1-2,5-8,13-16H2. The van der Waals surface area contributed by atoms with Crippen LogP contribution in [0.5, 0.6) is 5.75 Å². The molecule has 0 radical (unpaired) electrons. The molecule has 0 bridgehead atoms. The van der Waals surface area contributed by atoms with E-state index >= 15 is 0 Å². The Bertz CT molecular complexity index is 994. The molecule has 2 saturated carbocycles. The summed E-state index contributed by atoms with van der Waals surface area (Å²) in [5, 5.41) is 11.4. The molecule has 0 heterocycles. The lowest BCUT2D eigenvalue weighted by atomic mass is 9.71. The highest BCUT2D eigenvalue weighted by molar-refractivity contribution is 5.91. The molecule has 1 N–H and O–H groups in total. The van der Waals surface area contributed by atoms with Crippen molar-refractivity contribution in [2.75, 3.05) is 0 Å². The minimum atomic E-state index is 0.449. The molecule has 1 heteroatoms. The Labute approximate surface area is 187 Å². The monoisotopic (exact) mass is 410 g/mol. The van der Waals surface area contributed by atoms with Gasteiger partial charge < -0.3 is 5.11 Å².